The highest BCUT2D eigenvalue weighted by Gasteiger charge is 2.14. The Hall–Kier alpha value is -2.31. The molecule has 5 nitrogen and oxygen atoms in total. The minimum absolute atomic E-state index is 0.213. The molecule has 0 aliphatic heterocycles. The fourth-order valence-electron chi connectivity index (χ4n) is 2.44. The zero-order chi connectivity index (χ0) is 16.4. The Balaban J connectivity index is 1.85. The van der Waals surface area contributed by atoms with Gasteiger partial charge in [-0.15, -0.1) is 5.10 Å². The quantitative estimate of drug-likeness (QED) is 0.782. The smallest absolute Gasteiger partial charge is 0.282 e. The zero-order valence-corrected chi connectivity index (χ0v) is 13.2. The van der Waals surface area contributed by atoms with Crippen LogP contribution in [-0.4, -0.2) is 22.0 Å². The molecule has 1 aromatic heterocycles. The van der Waals surface area contributed by atoms with Crippen LogP contribution in [0.3, 0.4) is 0 Å². The van der Waals surface area contributed by atoms with E-state index in [1.165, 1.54) is 10.7 Å². The Labute approximate surface area is 136 Å². The van der Waals surface area contributed by atoms with Gasteiger partial charge in [-0.25, -0.2) is 4.39 Å². The predicted octanol–water partition coefficient (Wildman–Crippen LogP) is 1.26. The van der Waals surface area contributed by atoms with Crippen molar-refractivity contribution in [3.8, 4) is 0 Å². The van der Waals surface area contributed by atoms with Crippen LogP contribution in [0.2, 0.25) is 5.02 Å². The third-order valence-electron chi connectivity index (χ3n) is 3.59. The molecule has 7 heteroatoms. The summed E-state index contributed by atoms with van der Waals surface area (Å²) < 4.78 is 15.1. The lowest BCUT2D eigenvalue weighted by molar-refractivity contribution is -0.917. The summed E-state index contributed by atoms with van der Waals surface area (Å²) in [6.07, 6.45) is 0. The lowest BCUT2D eigenvalue weighted by atomic mass is 10.2. The van der Waals surface area contributed by atoms with E-state index in [-0.39, 0.29) is 18.0 Å². The van der Waals surface area contributed by atoms with E-state index < -0.39 is 0 Å². The summed E-state index contributed by atoms with van der Waals surface area (Å²) >= 11 is 6.04. The Morgan fingerprint density at radius 3 is 2.78 bits per heavy atom. The second-order valence-corrected chi connectivity index (χ2v) is 5.81. The van der Waals surface area contributed by atoms with Gasteiger partial charge in [0.1, 0.15) is 17.9 Å². The Kier molecular flexibility index (Phi) is 4.36. The maximum absolute atomic E-state index is 13.8. The van der Waals surface area contributed by atoms with Crippen molar-refractivity contribution in [3.05, 3.63) is 69.2 Å². The van der Waals surface area contributed by atoms with E-state index in [2.05, 4.69) is 10.3 Å². The van der Waals surface area contributed by atoms with Gasteiger partial charge in [0.2, 0.25) is 0 Å². The predicted molar refractivity (Wildman–Crippen MR) is 85.8 cm³/mol. The average molecular weight is 334 g/mol. The number of quaternary nitrogens is 1. The first kappa shape index (κ1) is 15.6. The molecule has 0 saturated carbocycles. The standard InChI is InChI=1S/C16H14ClFN4O/c1-21(9-12-13(17)6-4-7-14(12)18)10-22-16(23)11-5-2-3-8-15(11)19-20-22/h2-8H,9-10H2,1H3/p+1. The second kappa shape index (κ2) is 6.44. The van der Waals surface area contributed by atoms with Crippen molar-refractivity contribution in [2.75, 3.05) is 7.05 Å². The molecule has 0 spiro atoms. The summed E-state index contributed by atoms with van der Waals surface area (Å²) in [6, 6.07) is 11.6. The van der Waals surface area contributed by atoms with Crippen LogP contribution < -0.4 is 10.5 Å². The van der Waals surface area contributed by atoms with Gasteiger partial charge in [0, 0.05) is 0 Å². The molecule has 0 fully saturated rings. The fourth-order valence-corrected chi connectivity index (χ4v) is 2.67. The van der Waals surface area contributed by atoms with Crippen LogP contribution in [0.25, 0.3) is 10.9 Å². The Morgan fingerprint density at radius 2 is 2.00 bits per heavy atom. The number of halogens is 2. The molecule has 0 aliphatic rings. The maximum Gasteiger partial charge on any atom is 0.282 e. The number of rotatable bonds is 4. The molecule has 3 rings (SSSR count). The minimum atomic E-state index is -0.353. The summed E-state index contributed by atoms with van der Waals surface area (Å²) in [5, 5.41) is 8.87. The molecule has 1 atom stereocenters. The Morgan fingerprint density at radius 1 is 1.22 bits per heavy atom. The van der Waals surface area contributed by atoms with E-state index >= 15 is 0 Å². The van der Waals surface area contributed by atoms with E-state index in [0.717, 1.165) is 4.90 Å². The highest BCUT2D eigenvalue weighted by molar-refractivity contribution is 6.31. The van der Waals surface area contributed by atoms with Crippen LogP contribution in [0.5, 0.6) is 0 Å². The van der Waals surface area contributed by atoms with Crippen molar-refractivity contribution in [2.24, 2.45) is 0 Å². The fraction of sp³-hybridized carbons (Fsp3) is 0.188. The normalized spacial score (nSPS) is 12.5. The molecule has 1 N–H and O–H groups in total. The van der Waals surface area contributed by atoms with E-state index in [1.807, 2.05) is 7.05 Å². The molecular weight excluding hydrogens is 319 g/mol. The van der Waals surface area contributed by atoms with E-state index in [0.29, 0.717) is 28.0 Å². The van der Waals surface area contributed by atoms with Crippen LogP contribution in [0, 0.1) is 5.82 Å². The SMILES string of the molecule is C[NH+](Cc1c(F)cccc1Cl)Cn1nnc2ccccc2c1=O. The molecule has 3 aromatic rings. The topological polar surface area (TPSA) is 52.2 Å². The zero-order valence-electron chi connectivity index (χ0n) is 12.5. The van der Waals surface area contributed by atoms with Gasteiger partial charge in [-0.1, -0.05) is 35.0 Å². The van der Waals surface area contributed by atoms with Crippen molar-refractivity contribution < 1.29 is 9.29 Å². The van der Waals surface area contributed by atoms with Gasteiger partial charge in [0.15, 0.2) is 6.67 Å². The molecule has 0 saturated heterocycles. The van der Waals surface area contributed by atoms with Crippen molar-refractivity contribution in [2.45, 2.75) is 13.2 Å². The number of hydrogen-bond donors (Lipinski definition) is 1. The number of aromatic nitrogens is 3. The number of nitrogens with one attached hydrogen (secondary N) is 1. The van der Waals surface area contributed by atoms with Crippen LogP contribution >= 0.6 is 11.6 Å². The molecule has 23 heavy (non-hydrogen) atoms. The van der Waals surface area contributed by atoms with Gasteiger partial charge in [0.05, 0.1) is 23.0 Å². The van der Waals surface area contributed by atoms with E-state index in [1.54, 1.807) is 36.4 Å². The lowest BCUT2D eigenvalue weighted by Gasteiger charge is -2.15. The van der Waals surface area contributed by atoms with Crippen LogP contribution in [0.15, 0.2) is 47.3 Å². The van der Waals surface area contributed by atoms with Gasteiger partial charge in [-0.2, -0.15) is 4.68 Å². The lowest BCUT2D eigenvalue weighted by Crippen LogP contribution is -3.07. The molecule has 2 aromatic carbocycles. The number of benzene rings is 2. The second-order valence-electron chi connectivity index (χ2n) is 5.40. The number of nitrogens with zero attached hydrogens (tertiary/aromatic N) is 3. The first-order chi connectivity index (χ1) is 11.1. The molecule has 0 radical (unpaired) electrons. The van der Waals surface area contributed by atoms with Crippen molar-refractivity contribution in [1.82, 2.24) is 15.0 Å². The summed E-state index contributed by atoms with van der Waals surface area (Å²) in [7, 11) is 1.84. The van der Waals surface area contributed by atoms with Gasteiger partial charge in [0.25, 0.3) is 5.56 Å². The number of hydrogen-bond acceptors (Lipinski definition) is 3. The third-order valence-corrected chi connectivity index (χ3v) is 3.94. The van der Waals surface area contributed by atoms with E-state index in [4.69, 9.17) is 11.6 Å². The molecule has 1 unspecified atom stereocenters. The molecule has 0 amide bonds. The highest BCUT2D eigenvalue weighted by Crippen LogP contribution is 2.17. The molecule has 1 heterocycles. The minimum Gasteiger partial charge on any atom is -0.315 e. The highest BCUT2D eigenvalue weighted by atomic mass is 35.5. The number of fused-ring (bicyclic) bond motifs is 1. The molecule has 0 bridgehead atoms. The van der Waals surface area contributed by atoms with E-state index in [9.17, 15) is 9.18 Å². The first-order valence-electron chi connectivity index (χ1n) is 7.13. The molecular formula is C16H15ClFN4O+. The van der Waals surface area contributed by atoms with Crippen molar-refractivity contribution in [1.29, 1.82) is 0 Å². The van der Waals surface area contributed by atoms with Crippen LogP contribution in [0.4, 0.5) is 4.39 Å². The maximum atomic E-state index is 13.8. The molecule has 118 valence electrons. The van der Waals surface area contributed by atoms with Crippen LogP contribution in [-0.2, 0) is 13.2 Å². The average Bonchev–Trinajstić information content (AvgIpc) is 2.54. The van der Waals surface area contributed by atoms with Crippen LogP contribution in [0.1, 0.15) is 5.56 Å². The molecule has 0 aliphatic carbocycles. The first-order valence-corrected chi connectivity index (χ1v) is 7.51. The van der Waals surface area contributed by atoms with Gasteiger partial charge in [-0.3, -0.25) is 4.79 Å². The summed E-state index contributed by atoms with van der Waals surface area (Å²) in [4.78, 5) is 13.3. The van der Waals surface area contributed by atoms with Gasteiger partial charge < -0.3 is 4.90 Å². The third kappa shape index (κ3) is 3.23. The monoisotopic (exact) mass is 333 g/mol. The largest absolute Gasteiger partial charge is 0.315 e. The summed E-state index contributed by atoms with van der Waals surface area (Å²) in [5.74, 6) is -0.353. The van der Waals surface area contributed by atoms with Gasteiger partial charge >= 0.3 is 0 Å². The summed E-state index contributed by atoms with van der Waals surface area (Å²) in [6.45, 7) is 0.605. The van der Waals surface area contributed by atoms with Crippen molar-refractivity contribution >= 4 is 22.5 Å². The van der Waals surface area contributed by atoms with Crippen molar-refractivity contribution in [3.63, 3.8) is 0 Å². The van der Waals surface area contributed by atoms with Gasteiger partial charge in [-0.05, 0) is 24.3 Å². The summed E-state index contributed by atoms with van der Waals surface area (Å²) in [5.41, 5.74) is 0.770. The Bertz CT molecular complexity index is 892.